The molecule has 5 heteroatoms. The summed E-state index contributed by atoms with van der Waals surface area (Å²) in [5.74, 6) is -0.479. The Morgan fingerprint density at radius 1 is 1.05 bits per heavy atom. The lowest BCUT2D eigenvalue weighted by atomic mass is 9.82. The third kappa shape index (κ3) is 2.74. The molecule has 0 heterocycles. The van der Waals surface area contributed by atoms with Gasteiger partial charge < -0.3 is 15.7 Å². The Labute approximate surface area is 126 Å². The highest BCUT2D eigenvalue weighted by Gasteiger charge is 2.64. The van der Waals surface area contributed by atoms with Crippen molar-refractivity contribution in [2.75, 3.05) is 6.54 Å². The molecular weight excluding hydrogens is 268 g/mol. The van der Waals surface area contributed by atoms with Crippen molar-refractivity contribution in [1.29, 1.82) is 0 Å². The van der Waals surface area contributed by atoms with Gasteiger partial charge in [0.05, 0.1) is 0 Å². The van der Waals surface area contributed by atoms with Gasteiger partial charge in [-0.15, -0.1) is 0 Å². The van der Waals surface area contributed by atoms with Gasteiger partial charge in [0.25, 0.3) is 0 Å². The van der Waals surface area contributed by atoms with Crippen LogP contribution in [0.3, 0.4) is 0 Å². The van der Waals surface area contributed by atoms with Crippen molar-refractivity contribution >= 4 is 12.0 Å². The first-order chi connectivity index (χ1) is 9.63. The maximum absolute atomic E-state index is 12.1. The zero-order valence-electron chi connectivity index (χ0n) is 13.6. The molecule has 2 aliphatic carbocycles. The standard InChI is InChI=1S/C16H28N2O3/c1-14(2)11(15(14,3)4)10-17-13(21)18-16(12(19)20)8-6-5-7-9-16/h11H,5-10H2,1-4H3,(H,19,20)(H2,17,18,21). The molecule has 0 aromatic carbocycles. The quantitative estimate of drug-likeness (QED) is 0.746. The van der Waals surface area contributed by atoms with Crippen LogP contribution in [0, 0.1) is 16.7 Å². The smallest absolute Gasteiger partial charge is 0.329 e. The number of hydrogen-bond acceptors (Lipinski definition) is 2. The van der Waals surface area contributed by atoms with Crippen molar-refractivity contribution in [1.82, 2.24) is 10.6 Å². The van der Waals surface area contributed by atoms with Crippen molar-refractivity contribution in [2.24, 2.45) is 16.7 Å². The summed E-state index contributed by atoms with van der Waals surface area (Å²) in [6.07, 6.45) is 3.81. The second-order valence-corrected chi connectivity index (χ2v) is 7.78. The van der Waals surface area contributed by atoms with E-state index in [9.17, 15) is 14.7 Å². The van der Waals surface area contributed by atoms with Gasteiger partial charge in [-0.25, -0.2) is 9.59 Å². The van der Waals surface area contributed by atoms with Crippen LogP contribution in [0.1, 0.15) is 59.8 Å². The summed E-state index contributed by atoms with van der Waals surface area (Å²) in [5.41, 5.74) is -0.637. The summed E-state index contributed by atoms with van der Waals surface area (Å²) in [4.78, 5) is 23.6. The van der Waals surface area contributed by atoms with Crippen LogP contribution >= 0.6 is 0 Å². The molecule has 21 heavy (non-hydrogen) atoms. The predicted molar refractivity (Wildman–Crippen MR) is 81.0 cm³/mol. The molecule has 2 rings (SSSR count). The second kappa shape index (κ2) is 5.18. The molecule has 2 saturated carbocycles. The van der Waals surface area contributed by atoms with Gasteiger partial charge in [0.1, 0.15) is 5.54 Å². The lowest BCUT2D eigenvalue weighted by Crippen LogP contribution is -2.58. The van der Waals surface area contributed by atoms with E-state index < -0.39 is 11.5 Å². The lowest BCUT2D eigenvalue weighted by Gasteiger charge is -2.33. The molecule has 2 amide bonds. The highest BCUT2D eigenvalue weighted by atomic mass is 16.4. The number of nitrogens with one attached hydrogen (secondary N) is 2. The van der Waals surface area contributed by atoms with Crippen LogP contribution in [0.4, 0.5) is 4.79 Å². The molecule has 0 unspecified atom stereocenters. The number of rotatable bonds is 4. The molecule has 2 aliphatic rings. The fourth-order valence-electron chi connectivity index (χ4n) is 3.85. The summed E-state index contributed by atoms with van der Waals surface area (Å²) >= 11 is 0. The monoisotopic (exact) mass is 296 g/mol. The molecule has 3 N–H and O–H groups in total. The number of aliphatic carboxylic acids is 1. The third-order valence-corrected chi connectivity index (χ3v) is 6.26. The Morgan fingerprint density at radius 2 is 1.57 bits per heavy atom. The van der Waals surface area contributed by atoms with Gasteiger partial charge in [-0.1, -0.05) is 47.0 Å². The normalized spacial score (nSPS) is 25.9. The van der Waals surface area contributed by atoms with Gasteiger partial charge in [-0.3, -0.25) is 0 Å². The highest BCUT2D eigenvalue weighted by molar-refractivity contribution is 5.86. The number of carbonyl (C=O) groups is 2. The second-order valence-electron chi connectivity index (χ2n) is 7.78. The Hall–Kier alpha value is -1.26. The highest BCUT2D eigenvalue weighted by Crippen LogP contribution is 2.67. The van der Waals surface area contributed by atoms with Crippen LogP contribution < -0.4 is 10.6 Å². The first-order valence-corrected chi connectivity index (χ1v) is 7.93. The molecule has 0 radical (unpaired) electrons. The Balaban J connectivity index is 1.88. The largest absolute Gasteiger partial charge is 0.480 e. The Morgan fingerprint density at radius 3 is 2.00 bits per heavy atom. The van der Waals surface area contributed by atoms with Gasteiger partial charge in [0, 0.05) is 6.54 Å². The third-order valence-electron chi connectivity index (χ3n) is 6.26. The van der Waals surface area contributed by atoms with Crippen molar-refractivity contribution in [3.8, 4) is 0 Å². The summed E-state index contributed by atoms with van der Waals surface area (Å²) in [6, 6.07) is -0.349. The summed E-state index contributed by atoms with van der Waals surface area (Å²) in [6.45, 7) is 9.42. The van der Waals surface area contributed by atoms with E-state index in [-0.39, 0.29) is 16.9 Å². The van der Waals surface area contributed by atoms with Crippen LogP contribution in [0.2, 0.25) is 0 Å². The maximum Gasteiger partial charge on any atom is 0.329 e. The number of carboxylic acids is 1. The summed E-state index contributed by atoms with van der Waals surface area (Å²) < 4.78 is 0. The van der Waals surface area contributed by atoms with Crippen LogP contribution in [-0.4, -0.2) is 29.2 Å². The number of carbonyl (C=O) groups excluding carboxylic acids is 1. The first kappa shape index (κ1) is 16.1. The molecule has 0 bridgehead atoms. The van der Waals surface area contributed by atoms with Gasteiger partial charge in [-0.2, -0.15) is 0 Å². The minimum atomic E-state index is -1.07. The van der Waals surface area contributed by atoms with Crippen LogP contribution in [0.5, 0.6) is 0 Å². The van der Waals surface area contributed by atoms with Crippen molar-refractivity contribution in [3.05, 3.63) is 0 Å². The van der Waals surface area contributed by atoms with Gasteiger partial charge >= 0.3 is 12.0 Å². The molecule has 0 atom stereocenters. The van der Waals surface area contributed by atoms with Gasteiger partial charge in [-0.05, 0) is 29.6 Å². The molecule has 0 saturated heterocycles. The topological polar surface area (TPSA) is 78.4 Å². The number of hydrogen-bond donors (Lipinski definition) is 3. The van der Waals surface area contributed by atoms with Crippen molar-refractivity contribution < 1.29 is 14.7 Å². The number of urea groups is 1. The average molecular weight is 296 g/mol. The number of carboxylic acid groups (broad SMARTS) is 1. The lowest BCUT2D eigenvalue weighted by molar-refractivity contribution is -0.145. The molecule has 120 valence electrons. The Kier molecular flexibility index (Phi) is 3.98. The van der Waals surface area contributed by atoms with E-state index in [4.69, 9.17) is 0 Å². The van der Waals surface area contributed by atoms with Crippen LogP contribution in [0.25, 0.3) is 0 Å². The fourth-order valence-corrected chi connectivity index (χ4v) is 3.85. The van der Waals surface area contributed by atoms with Crippen LogP contribution in [0.15, 0.2) is 0 Å². The van der Waals surface area contributed by atoms with E-state index in [0.29, 0.717) is 25.3 Å². The van der Waals surface area contributed by atoms with E-state index in [1.807, 2.05) is 0 Å². The maximum atomic E-state index is 12.1. The molecule has 0 aromatic heterocycles. The van der Waals surface area contributed by atoms with Crippen LogP contribution in [-0.2, 0) is 4.79 Å². The summed E-state index contributed by atoms with van der Waals surface area (Å²) in [5, 5.41) is 15.0. The van der Waals surface area contributed by atoms with Gasteiger partial charge in [0.2, 0.25) is 0 Å². The minimum absolute atomic E-state index is 0.218. The van der Waals surface area contributed by atoms with E-state index in [2.05, 4.69) is 38.3 Å². The van der Waals surface area contributed by atoms with Crippen molar-refractivity contribution in [2.45, 2.75) is 65.3 Å². The van der Waals surface area contributed by atoms with E-state index in [1.165, 1.54) is 0 Å². The van der Waals surface area contributed by atoms with E-state index in [1.54, 1.807) is 0 Å². The molecule has 5 nitrogen and oxygen atoms in total. The average Bonchev–Trinajstić information content (AvgIpc) is 2.78. The molecule has 0 aromatic rings. The fraction of sp³-hybridized carbons (Fsp3) is 0.875. The Bertz CT molecular complexity index is 423. The number of amides is 2. The molecule has 2 fully saturated rings. The zero-order valence-corrected chi connectivity index (χ0v) is 13.6. The minimum Gasteiger partial charge on any atom is -0.480 e. The van der Waals surface area contributed by atoms with E-state index >= 15 is 0 Å². The molecular formula is C16H28N2O3. The van der Waals surface area contributed by atoms with Gasteiger partial charge in [0.15, 0.2) is 0 Å². The molecule has 0 spiro atoms. The summed E-state index contributed by atoms with van der Waals surface area (Å²) in [7, 11) is 0. The van der Waals surface area contributed by atoms with Crippen molar-refractivity contribution in [3.63, 3.8) is 0 Å². The van der Waals surface area contributed by atoms with E-state index in [0.717, 1.165) is 19.3 Å². The predicted octanol–water partition coefficient (Wildman–Crippen LogP) is 2.76. The SMILES string of the molecule is CC1(C)C(CNC(=O)NC2(C(=O)O)CCCCC2)C1(C)C. The first-order valence-electron chi connectivity index (χ1n) is 7.93. The zero-order chi connectivity index (χ0) is 15.9. The molecule has 0 aliphatic heterocycles.